The Morgan fingerprint density at radius 1 is 0.576 bits per heavy atom. The Bertz CT molecular complexity index is 2980. The third-order valence-electron chi connectivity index (χ3n) is 10.9. The molecule has 0 atom stereocenters. The topological polar surface area (TPSA) is 150 Å². The van der Waals surface area contributed by atoms with Crippen molar-refractivity contribution in [3.8, 4) is 17.2 Å². The molecule has 6 heterocycles. The number of aromatic hydroxyl groups is 1. The van der Waals surface area contributed by atoms with E-state index in [-0.39, 0.29) is 16.9 Å². The summed E-state index contributed by atoms with van der Waals surface area (Å²) in [5.74, 6) is 4.06. The number of hydrogen-bond donors (Lipinski definition) is 1. The summed E-state index contributed by atoms with van der Waals surface area (Å²) < 4.78 is 19.8. The summed E-state index contributed by atoms with van der Waals surface area (Å²) in [6.45, 7) is 4.44. The molecular formula is C42H40Br2N10O5. The van der Waals surface area contributed by atoms with Gasteiger partial charge in [0.25, 0.3) is 11.1 Å². The number of methoxy groups -OCH3 is 2. The van der Waals surface area contributed by atoms with Crippen molar-refractivity contribution in [1.82, 2.24) is 38.3 Å². The van der Waals surface area contributed by atoms with Gasteiger partial charge in [0.15, 0.2) is 11.5 Å². The van der Waals surface area contributed by atoms with Crippen LogP contribution in [0.1, 0.15) is 36.8 Å². The van der Waals surface area contributed by atoms with Crippen LogP contribution in [0, 0.1) is 0 Å². The maximum Gasteiger partial charge on any atom is 0.263 e. The Hall–Kier alpha value is -5.94. The zero-order valence-electron chi connectivity index (χ0n) is 32.4. The molecule has 0 saturated carbocycles. The molecule has 4 aromatic carbocycles. The van der Waals surface area contributed by atoms with E-state index in [9.17, 15) is 14.7 Å². The molecule has 302 valence electrons. The summed E-state index contributed by atoms with van der Waals surface area (Å²) in [7, 11) is 3.20. The minimum Gasteiger partial charge on any atom is -0.508 e. The molecule has 2 saturated heterocycles. The SMILES string of the molecule is COc1ccc(Cn2c(=O)c3cc(Br)ccc3n3c(N4CCCC4)nnc23)cc1OC.O=c1c2cc(Br)ccc2n2c(N3CCCC3)nnc2n1Cc1ccc(O)cc1. The first kappa shape index (κ1) is 38.6. The zero-order chi connectivity index (χ0) is 40.8. The number of fused-ring (bicyclic) bond motifs is 6. The van der Waals surface area contributed by atoms with Gasteiger partial charge in [0.2, 0.25) is 23.5 Å². The lowest BCUT2D eigenvalue weighted by atomic mass is 10.2. The highest BCUT2D eigenvalue weighted by Gasteiger charge is 2.25. The summed E-state index contributed by atoms with van der Waals surface area (Å²) >= 11 is 6.98. The first-order valence-corrected chi connectivity index (χ1v) is 20.9. The van der Waals surface area contributed by atoms with Crippen molar-refractivity contribution in [2.75, 3.05) is 50.2 Å². The molecule has 17 heteroatoms. The average molecular weight is 925 g/mol. The monoisotopic (exact) mass is 922 g/mol. The van der Waals surface area contributed by atoms with E-state index in [0.29, 0.717) is 46.9 Å². The zero-order valence-corrected chi connectivity index (χ0v) is 35.6. The molecule has 2 aliphatic heterocycles. The lowest BCUT2D eigenvalue weighted by molar-refractivity contribution is 0.354. The first-order valence-electron chi connectivity index (χ1n) is 19.4. The van der Waals surface area contributed by atoms with Crippen LogP contribution in [0.4, 0.5) is 11.9 Å². The molecule has 10 rings (SSSR count). The minimum absolute atomic E-state index is 0.112. The van der Waals surface area contributed by atoms with E-state index < -0.39 is 0 Å². The van der Waals surface area contributed by atoms with Crippen molar-refractivity contribution < 1.29 is 14.6 Å². The molecule has 0 amide bonds. The number of halogens is 2. The van der Waals surface area contributed by atoms with E-state index in [2.05, 4.69) is 62.1 Å². The van der Waals surface area contributed by atoms with Crippen LogP contribution in [0.25, 0.3) is 33.4 Å². The van der Waals surface area contributed by atoms with E-state index in [4.69, 9.17) is 9.47 Å². The first-order chi connectivity index (χ1) is 28.7. The van der Waals surface area contributed by atoms with Crippen LogP contribution >= 0.6 is 31.9 Å². The summed E-state index contributed by atoms with van der Waals surface area (Å²) in [6, 6.07) is 23.9. The normalized spacial score (nSPS) is 14.2. The molecule has 2 aliphatic rings. The molecule has 59 heavy (non-hydrogen) atoms. The van der Waals surface area contributed by atoms with Gasteiger partial charge >= 0.3 is 0 Å². The average Bonchev–Trinajstić information content (AvgIpc) is 4.09. The van der Waals surface area contributed by atoms with Gasteiger partial charge in [-0.15, -0.1) is 20.4 Å². The maximum absolute atomic E-state index is 13.5. The molecule has 0 unspecified atom stereocenters. The standard InChI is InChI=1S/C22H22BrN5O3.C20H18BrN5O2/c1-30-18-8-5-14(11-19(18)31-2)13-27-20(29)16-12-15(23)6-7-17(16)28-21(24-25-22(27)28)26-9-3-4-10-26;21-14-5-8-17-16(11-14)18(28)25(12-13-3-6-15(27)7-4-13)20-23-22-19(26(17)20)24-9-1-2-10-24/h5-8,11-12H,3-4,9-10,13H2,1-2H3;3-8,11,27H,1-2,9-10,12H2. The number of phenols is 1. The van der Waals surface area contributed by atoms with E-state index in [1.165, 1.54) is 0 Å². The summed E-state index contributed by atoms with van der Waals surface area (Å²) in [5.41, 5.74) is 3.19. The van der Waals surface area contributed by atoms with E-state index >= 15 is 0 Å². The molecule has 1 N–H and O–H groups in total. The molecule has 4 aromatic heterocycles. The lowest BCUT2D eigenvalue weighted by Crippen LogP contribution is -2.26. The van der Waals surface area contributed by atoms with Gasteiger partial charge in [-0.05, 0) is 97.5 Å². The second-order valence-corrected chi connectivity index (χ2v) is 16.5. The van der Waals surface area contributed by atoms with E-state index in [1.54, 1.807) is 47.6 Å². The molecule has 0 aliphatic carbocycles. The fraction of sp³-hybridized carbons (Fsp3) is 0.286. The van der Waals surface area contributed by atoms with Gasteiger partial charge in [-0.1, -0.05) is 50.1 Å². The van der Waals surface area contributed by atoms with Gasteiger partial charge in [-0.2, -0.15) is 0 Å². The molecule has 0 spiro atoms. The van der Waals surface area contributed by atoms with Gasteiger partial charge in [0, 0.05) is 35.1 Å². The van der Waals surface area contributed by atoms with Crippen LogP contribution in [0.15, 0.2) is 97.4 Å². The Balaban J connectivity index is 0.000000153. The van der Waals surface area contributed by atoms with Crippen LogP contribution in [-0.4, -0.2) is 83.8 Å². The fourth-order valence-corrected chi connectivity index (χ4v) is 8.73. The summed E-state index contributed by atoms with van der Waals surface area (Å²) in [4.78, 5) is 31.2. The maximum atomic E-state index is 13.5. The fourth-order valence-electron chi connectivity index (χ4n) is 8.01. The van der Waals surface area contributed by atoms with Crippen molar-refractivity contribution in [2.24, 2.45) is 0 Å². The Morgan fingerprint density at radius 3 is 1.51 bits per heavy atom. The van der Waals surface area contributed by atoms with Crippen molar-refractivity contribution in [3.05, 3.63) is 120 Å². The molecule has 15 nitrogen and oxygen atoms in total. The third kappa shape index (κ3) is 7.15. The number of ether oxygens (including phenoxy) is 2. The smallest absolute Gasteiger partial charge is 0.263 e. The van der Waals surface area contributed by atoms with E-state index in [0.717, 1.165) is 94.9 Å². The number of phenolic OH excluding ortho intramolecular Hbond substituents is 1. The number of rotatable bonds is 8. The summed E-state index contributed by atoms with van der Waals surface area (Å²) in [5, 5.41) is 28.5. The number of nitrogens with zero attached hydrogens (tertiary/aromatic N) is 10. The Labute approximate surface area is 354 Å². The number of aromatic nitrogens is 8. The predicted molar refractivity (Wildman–Crippen MR) is 234 cm³/mol. The lowest BCUT2D eigenvalue weighted by Gasteiger charge is -2.17. The van der Waals surface area contributed by atoms with Crippen LogP contribution in [-0.2, 0) is 13.1 Å². The van der Waals surface area contributed by atoms with E-state index in [1.807, 2.05) is 63.4 Å². The largest absolute Gasteiger partial charge is 0.508 e. The molecule has 0 radical (unpaired) electrons. The van der Waals surface area contributed by atoms with Gasteiger partial charge in [0.1, 0.15) is 5.75 Å². The number of hydrogen-bond acceptors (Lipinski definition) is 11. The third-order valence-corrected chi connectivity index (χ3v) is 11.9. The molecule has 0 bridgehead atoms. The van der Waals surface area contributed by atoms with Crippen molar-refractivity contribution in [3.63, 3.8) is 0 Å². The highest BCUT2D eigenvalue weighted by Crippen LogP contribution is 2.30. The van der Waals surface area contributed by atoms with Gasteiger partial charge in [-0.3, -0.25) is 18.7 Å². The number of anilines is 2. The minimum atomic E-state index is -0.114. The highest BCUT2D eigenvalue weighted by atomic mass is 79.9. The Morgan fingerprint density at radius 2 is 1.03 bits per heavy atom. The van der Waals surface area contributed by atoms with Crippen LogP contribution in [0.2, 0.25) is 0 Å². The van der Waals surface area contributed by atoms with Crippen molar-refractivity contribution in [1.29, 1.82) is 0 Å². The number of benzene rings is 4. The predicted octanol–water partition coefficient (Wildman–Crippen LogP) is 6.63. The van der Waals surface area contributed by atoms with Crippen molar-refractivity contribution in [2.45, 2.75) is 38.8 Å². The molecular weight excluding hydrogens is 884 g/mol. The van der Waals surface area contributed by atoms with Crippen LogP contribution in [0.5, 0.6) is 17.2 Å². The van der Waals surface area contributed by atoms with Crippen molar-refractivity contribution >= 4 is 77.1 Å². The van der Waals surface area contributed by atoms with Crippen LogP contribution in [0.3, 0.4) is 0 Å². The summed E-state index contributed by atoms with van der Waals surface area (Å²) in [6.07, 6.45) is 4.52. The molecule has 8 aromatic rings. The van der Waals surface area contributed by atoms with Gasteiger partial charge < -0.3 is 24.4 Å². The second-order valence-electron chi connectivity index (χ2n) is 14.6. The molecule has 2 fully saturated rings. The Kier molecular flexibility index (Phi) is 10.5. The quantitative estimate of drug-likeness (QED) is 0.175. The van der Waals surface area contributed by atoms with Gasteiger partial charge in [-0.25, -0.2) is 8.80 Å². The second kappa shape index (κ2) is 16.0. The highest BCUT2D eigenvalue weighted by molar-refractivity contribution is 9.10. The van der Waals surface area contributed by atoms with Gasteiger partial charge in [0.05, 0.1) is 49.1 Å². The van der Waals surface area contributed by atoms with Crippen LogP contribution < -0.4 is 30.4 Å².